The number of aliphatic imine (C=N–C) groups is 1. The van der Waals surface area contributed by atoms with Crippen LogP contribution in [0.3, 0.4) is 0 Å². The number of nitrogens with two attached hydrogens (primary N) is 1. The third kappa shape index (κ3) is 7.00. The van der Waals surface area contributed by atoms with Crippen molar-refractivity contribution in [1.29, 1.82) is 0 Å². The minimum atomic E-state index is 0. The summed E-state index contributed by atoms with van der Waals surface area (Å²) in [5, 5.41) is 3.80. The first-order valence-electron chi connectivity index (χ1n) is 7.55. The molecule has 3 N–H and O–H groups in total. The molecular weight excluding hydrogens is 415 g/mol. The van der Waals surface area contributed by atoms with Crippen molar-refractivity contribution in [2.24, 2.45) is 10.7 Å². The molecule has 0 aromatic carbocycles. The molecule has 124 valence electrons. The maximum absolute atomic E-state index is 5.95. The second-order valence-electron chi connectivity index (χ2n) is 5.24. The highest BCUT2D eigenvalue weighted by atomic mass is 127. The van der Waals surface area contributed by atoms with E-state index in [2.05, 4.69) is 15.3 Å². The van der Waals surface area contributed by atoms with Crippen LogP contribution in [0.5, 0.6) is 5.88 Å². The van der Waals surface area contributed by atoms with E-state index in [1.165, 1.54) is 38.5 Å². The van der Waals surface area contributed by atoms with Crippen LogP contribution in [0.2, 0.25) is 5.02 Å². The van der Waals surface area contributed by atoms with Crippen molar-refractivity contribution >= 4 is 41.5 Å². The number of nitrogens with zero attached hydrogens (tertiary/aromatic N) is 2. The van der Waals surface area contributed by atoms with E-state index >= 15 is 0 Å². The van der Waals surface area contributed by atoms with Crippen LogP contribution in [0, 0.1) is 0 Å². The Bertz CT molecular complexity index is 465. The van der Waals surface area contributed by atoms with E-state index in [-0.39, 0.29) is 24.0 Å². The van der Waals surface area contributed by atoms with Crippen LogP contribution in [-0.2, 0) is 0 Å². The van der Waals surface area contributed by atoms with E-state index in [0.717, 1.165) is 0 Å². The largest absolute Gasteiger partial charge is 0.475 e. The number of hydrogen-bond donors (Lipinski definition) is 2. The van der Waals surface area contributed by atoms with E-state index in [0.29, 0.717) is 36.1 Å². The molecule has 5 nitrogen and oxygen atoms in total. The molecule has 1 aliphatic rings. The van der Waals surface area contributed by atoms with Crippen LogP contribution in [0.1, 0.15) is 38.5 Å². The summed E-state index contributed by atoms with van der Waals surface area (Å²) in [6.45, 7) is 0.891. The predicted molar refractivity (Wildman–Crippen MR) is 101 cm³/mol. The molecule has 22 heavy (non-hydrogen) atoms. The van der Waals surface area contributed by atoms with Crippen LogP contribution in [0.4, 0.5) is 0 Å². The molecule has 0 radical (unpaired) electrons. The Balaban J connectivity index is 0.00000242. The molecule has 2 rings (SSSR count). The van der Waals surface area contributed by atoms with Crippen LogP contribution >= 0.6 is 35.6 Å². The molecule has 1 aliphatic carbocycles. The van der Waals surface area contributed by atoms with Crippen molar-refractivity contribution < 1.29 is 4.74 Å². The van der Waals surface area contributed by atoms with Crippen molar-refractivity contribution in [3.8, 4) is 5.88 Å². The van der Waals surface area contributed by atoms with Gasteiger partial charge in [0.05, 0.1) is 6.54 Å². The Labute approximate surface area is 154 Å². The molecule has 1 fully saturated rings. The van der Waals surface area contributed by atoms with Crippen molar-refractivity contribution in [3.63, 3.8) is 0 Å². The summed E-state index contributed by atoms with van der Waals surface area (Å²) >= 11 is 5.95. The standard InChI is InChI=1S/C15H23ClN4O.HI/c16-13-8-5-9-18-14(13)21-11-10-19-15(17)20-12-6-3-1-2-4-7-12;/h5,8-9,12H,1-4,6-7,10-11H2,(H3,17,19,20);1H. The molecule has 1 aromatic heterocycles. The summed E-state index contributed by atoms with van der Waals surface area (Å²) in [6.07, 6.45) is 9.19. The Morgan fingerprint density at radius 1 is 1.36 bits per heavy atom. The van der Waals surface area contributed by atoms with Gasteiger partial charge in [0.1, 0.15) is 11.6 Å². The van der Waals surface area contributed by atoms with Gasteiger partial charge >= 0.3 is 0 Å². The van der Waals surface area contributed by atoms with Gasteiger partial charge in [-0.2, -0.15) is 0 Å². The van der Waals surface area contributed by atoms with Crippen molar-refractivity contribution in [2.45, 2.75) is 44.6 Å². The molecule has 0 amide bonds. The zero-order valence-corrected chi connectivity index (χ0v) is 15.7. The number of rotatable bonds is 5. The van der Waals surface area contributed by atoms with Gasteiger partial charge in [-0.1, -0.05) is 37.3 Å². The minimum Gasteiger partial charge on any atom is -0.475 e. The number of aromatic nitrogens is 1. The van der Waals surface area contributed by atoms with E-state index < -0.39 is 0 Å². The third-order valence-corrected chi connectivity index (χ3v) is 3.83. The monoisotopic (exact) mass is 438 g/mol. The number of halogens is 2. The van der Waals surface area contributed by atoms with E-state index in [1.807, 2.05) is 0 Å². The van der Waals surface area contributed by atoms with Gasteiger partial charge < -0.3 is 15.8 Å². The Morgan fingerprint density at radius 3 is 2.77 bits per heavy atom. The molecule has 1 saturated carbocycles. The van der Waals surface area contributed by atoms with Crippen LogP contribution < -0.4 is 15.8 Å². The van der Waals surface area contributed by atoms with Crippen LogP contribution in [-0.4, -0.2) is 30.1 Å². The van der Waals surface area contributed by atoms with E-state index in [9.17, 15) is 0 Å². The fourth-order valence-electron chi connectivity index (χ4n) is 2.46. The average molecular weight is 439 g/mol. The minimum absolute atomic E-state index is 0. The molecular formula is C15H24ClIN4O. The zero-order valence-electron chi connectivity index (χ0n) is 12.6. The van der Waals surface area contributed by atoms with Crippen LogP contribution in [0.15, 0.2) is 23.3 Å². The van der Waals surface area contributed by atoms with E-state index in [1.54, 1.807) is 18.3 Å². The Kier molecular flexibility index (Phi) is 9.54. The number of guanidine groups is 1. The number of ether oxygens (including phenoxy) is 1. The lowest BCUT2D eigenvalue weighted by atomic mass is 10.1. The highest BCUT2D eigenvalue weighted by molar-refractivity contribution is 14.0. The van der Waals surface area contributed by atoms with Gasteiger partial charge in [0, 0.05) is 12.2 Å². The second kappa shape index (κ2) is 10.9. The quantitative estimate of drug-likeness (QED) is 0.243. The van der Waals surface area contributed by atoms with Crippen molar-refractivity contribution in [2.75, 3.05) is 13.2 Å². The Morgan fingerprint density at radius 2 is 2.09 bits per heavy atom. The lowest BCUT2D eigenvalue weighted by Gasteiger charge is -2.16. The normalized spacial score (nSPS) is 16.5. The fraction of sp³-hybridized carbons (Fsp3) is 0.600. The first kappa shape index (κ1) is 19.3. The molecule has 1 aromatic rings. The predicted octanol–water partition coefficient (Wildman–Crippen LogP) is 3.36. The van der Waals surface area contributed by atoms with Crippen molar-refractivity contribution in [1.82, 2.24) is 10.3 Å². The summed E-state index contributed by atoms with van der Waals surface area (Å²) in [4.78, 5) is 8.33. The molecule has 0 aliphatic heterocycles. The summed E-state index contributed by atoms with van der Waals surface area (Å²) in [6, 6.07) is 3.97. The lowest BCUT2D eigenvalue weighted by molar-refractivity contribution is 0.316. The highest BCUT2D eigenvalue weighted by Crippen LogP contribution is 2.19. The number of nitrogens with one attached hydrogen (secondary N) is 1. The number of pyridine rings is 1. The van der Waals surface area contributed by atoms with Gasteiger partial charge in [-0.05, 0) is 25.0 Å². The molecule has 0 atom stereocenters. The zero-order chi connectivity index (χ0) is 14.9. The molecule has 0 saturated heterocycles. The lowest BCUT2D eigenvalue weighted by Crippen LogP contribution is -2.40. The molecule has 0 spiro atoms. The summed E-state index contributed by atoms with van der Waals surface area (Å²) in [5.74, 6) is 0.933. The van der Waals surface area contributed by atoms with Gasteiger partial charge in [0.25, 0.3) is 0 Å². The smallest absolute Gasteiger partial charge is 0.232 e. The SMILES string of the molecule is I.NC(=NCCOc1ncccc1Cl)NC1CCCCCC1. The third-order valence-electron chi connectivity index (χ3n) is 3.54. The van der Waals surface area contributed by atoms with Crippen LogP contribution in [0.25, 0.3) is 0 Å². The topological polar surface area (TPSA) is 72.5 Å². The molecule has 0 unspecified atom stereocenters. The Hall–Kier alpha value is -0.760. The van der Waals surface area contributed by atoms with Gasteiger partial charge in [0.15, 0.2) is 5.96 Å². The summed E-state index contributed by atoms with van der Waals surface area (Å²) < 4.78 is 5.46. The number of hydrogen-bond acceptors (Lipinski definition) is 3. The summed E-state index contributed by atoms with van der Waals surface area (Å²) in [7, 11) is 0. The first-order valence-corrected chi connectivity index (χ1v) is 7.93. The average Bonchev–Trinajstić information content (AvgIpc) is 2.74. The van der Waals surface area contributed by atoms with Crippen molar-refractivity contribution in [3.05, 3.63) is 23.4 Å². The van der Waals surface area contributed by atoms with Gasteiger partial charge in [-0.3, -0.25) is 0 Å². The maximum Gasteiger partial charge on any atom is 0.232 e. The second-order valence-corrected chi connectivity index (χ2v) is 5.65. The fourth-order valence-corrected chi connectivity index (χ4v) is 2.64. The molecule has 7 heteroatoms. The maximum atomic E-state index is 5.95. The molecule has 0 bridgehead atoms. The first-order chi connectivity index (χ1) is 10.3. The van der Waals surface area contributed by atoms with Gasteiger partial charge in [0.2, 0.25) is 5.88 Å². The highest BCUT2D eigenvalue weighted by Gasteiger charge is 2.12. The van der Waals surface area contributed by atoms with Gasteiger partial charge in [-0.25, -0.2) is 9.98 Å². The van der Waals surface area contributed by atoms with E-state index in [4.69, 9.17) is 22.1 Å². The van der Waals surface area contributed by atoms with Gasteiger partial charge in [-0.15, -0.1) is 24.0 Å². The summed E-state index contributed by atoms with van der Waals surface area (Å²) in [5.41, 5.74) is 5.91. The molecule has 1 heterocycles.